The van der Waals surface area contributed by atoms with Crippen molar-refractivity contribution in [2.45, 2.75) is 39.0 Å². The van der Waals surface area contributed by atoms with Gasteiger partial charge in [0.25, 0.3) is 0 Å². The summed E-state index contributed by atoms with van der Waals surface area (Å²) < 4.78 is 6.90. The zero-order valence-electron chi connectivity index (χ0n) is 28.8. The van der Waals surface area contributed by atoms with Crippen molar-refractivity contribution in [3.8, 4) is 33.4 Å². The van der Waals surface area contributed by atoms with Gasteiger partial charge in [-0.2, -0.15) is 0 Å². The molecule has 2 nitrogen and oxygen atoms in total. The van der Waals surface area contributed by atoms with Gasteiger partial charge in [-0.1, -0.05) is 142 Å². The Morgan fingerprint density at radius 3 is 1.78 bits per heavy atom. The molecule has 1 aliphatic rings. The number of hydrogen-bond acceptors (Lipinski definition) is 2. The maximum Gasteiger partial charge on any atom is 0.159 e. The van der Waals surface area contributed by atoms with Crippen molar-refractivity contribution in [3.63, 3.8) is 0 Å². The van der Waals surface area contributed by atoms with Gasteiger partial charge in [0.2, 0.25) is 0 Å². The molecule has 8 aromatic rings. The summed E-state index contributed by atoms with van der Waals surface area (Å²) in [6, 6.07) is 57.4. The molecule has 1 heterocycles. The average molecular weight is 646 g/mol. The van der Waals surface area contributed by atoms with Gasteiger partial charge < -0.3 is 9.32 Å². The molecule has 1 aromatic heterocycles. The SMILES string of the molecule is CCCc1ccc(-c2ccc(N(c3ccc(-c4ccccc4)cc3)c3cccc4c3oc3cc5c(cc34)-c3ccccc3C5(C)C)cc2)cc1. The Kier molecular flexibility index (Phi) is 7.21. The highest BCUT2D eigenvalue weighted by Crippen LogP contribution is 2.51. The van der Waals surface area contributed by atoms with Crippen molar-refractivity contribution in [2.75, 3.05) is 4.90 Å². The molecular formula is C48H39NO. The van der Waals surface area contributed by atoms with Gasteiger partial charge in [0.1, 0.15) is 5.58 Å². The lowest BCUT2D eigenvalue weighted by molar-refractivity contribution is 0.647. The van der Waals surface area contributed by atoms with Crippen LogP contribution in [0.15, 0.2) is 162 Å². The minimum Gasteiger partial charge on any atom is -0.454 e. The van der Waals surface area contributed by atoms with Crippen molar-refractivity contribution < 1.29 is 4.42 Å². The van der Waals surface area contributed by atoms with Crippen LogP contribution in [0.3, 0.4) is 0 Å². The molecule has 9 rings (SSSR count). The zero-order valence-corrected chi connectivity index (χ0v) is 28.8. The molecule has 242 valence electrons. The number of rotatable bonds is 7. The van der Waals surface area contributed by atoms with Crippen LogP contribution < -0.4 is 4.90 Å². The fourth-order valence-corrected chi connectivity index (χ4v) is 7.97. The van der Waals surface area contributed by atoms with Crippen LogP contribution in [0.2, 0.25) is 0 Å². The third-order valence-corrected chi connectivity index (χ3v) is 10.6. The highest BCUT2D eigenvalue weighted by atomic mass is 16.3. The lowest BCUT2D eigenvalue weighted by Crippen LogP contribution is -2.14. The molecule has 0 fully saturated rings. The standard InChI is InChI=1S/C48H39NO/c1-4-11-32-18-20-34(21-19-32)36-24-28-38(29-25-36)49(37-26-22-35(23-27-37)33-12-6-5-7-13-33)45-17-10-15-40-42-30-41-39-14-8-9-16-43(39)48(2,3)44(41)31-46(42)50-47(40)45/h5-10,12-31H,4,11H2,1-3H3. The van der Waals surface area contributed by atoms with Gasteiger partial charge in [0.15, 0.2) is 5.58 Å². The molecule has 2 heteroatoms. The molecule has 0 bridgehead atoms. The fourth-order valence-electron chi connectivity index (χ4n) is 7.97. The zero-order chi connectivity index (χ0) is 33.8. The number of fused-ring (bicyclic) bond motifs is 6. The average Bonchev–Trinajstić information content (AvgIpc) is 3.64. The summed E-state index contributed by atoms with van der Waals surface area (Å²) in [4.78, 5) is 2.33. The van der Waals surface area contributed by atoms with Crippen LogP contribution in [-0.4, -0.2) is 0 Å². The second-order valence-electron chi connectivity index (χ2n) is 14.1. The second kappa shape index (κ2) is 11.9. The van der Waals surface area contributed by atoms with Crippen LogP contribution >= 0.6 is 0 Å². The molecule has 0 radical (unpaired) electrons. The third-order valence-electron chi connectivity index (χ3n) is 10.6. The van der Waals surface area contributed by atoms with Gasteiger partial charge in [-0.15, -0.1) is 0 Å². The van der Waals surface area contributed by atoms with E-state index in [1.54, 1.807) is 0 Å². The maximum absolute atomic E-state index is 6.90. The van der Waals surface area contributed by atoms with E-state index >= 15 is 0 Å². The predicted molar refractivity (Wildman–Crippen MR) is 211 cm³/mol. The van der Waals surface area contributed by atoms with E-state index in [0.717, 1.165) is 51.8 Å². The van der Waals surface area contributed by atoms with Crippen molar-refractivity contribution >= 4 is 39.0 Å². The molecule has 0 saturated carbocycles. The van der Waals surface area contributed by atoms with Crippen molar-refractivity contribution in [1.29, 1.82) is 0 Å². The first-order valence-corrected chi connectivity index (χ1v) is 17.7. The Labute approximate surface area is 294 Å². The van der Waals surface area contributed by atoms with Crippen molar-refractivity contribution in [3.05, 3.63) is 174 Å². The van der Waals surface area contributed by atoms with Gasteiger partial charge >= 0.3 is 0 Å². The Bertz CT molecular complexity index is 2490. The molecule has 0 N–H and O–H groups in total. The van der Waals surface area contributed by atoms with E-state index in [2.05, 4.69) is 183 Å². The first-order valence-electron chi connectivity index (χ1n) is 17.7. The predicted octanol–water partition coefficient (Wildman–Crippen LogP) is 13.6. The van der Waals surface area contributed by atoms with E-state index < -0.39 is 0 Å². The molecule has 0 amide bonds. The summed E-state index contributed by atoms with van der Waals surface area (Å²) in [7, 11) is 0. The van der Waals surface area contributed by atoms with Gasteiger partial charge in [0, 0.05) is 27.6 Å². The highest BCUT2D eigenvalue weighted by Gasteiger charge is 2.36. The molecule has 0 aliphatic heterocycles. The first-order chi connectivity index (χ1) is 24.5. The summed E-state index contributed by atoms with van der Waals surface area (Å²) in [6.45, 7) is 6.87. The quantitative estimate of drug-likeness (QED) is 0.171. The number of benzene rings is 7. The number of nitrogens with zero attached hydrogens (tertiary/aromatic N) is 1. The highest BCUT2D eigenvalue weighted by molar-refractivity contribution is 6.12. The van der Waals surface area contributed by atoms with Crippen molar-refractivity contribution in [1.82, 2.24) is 0 Å². The Morgan fingerprint density at radius 2 is 1.12 bits per heavy atom. The van der Waals surface area contributed by atoms with Crippen LogP contribution in [-0.2, 0) is 11.8 Å². The topological polar surface area (TPSA) is 16.4 Å². The smallest absolute Gasteiger partial charge is 0.159 e. The summed E-state index contributed by atoms with van der Waals surface area (Å²) in [6.07, 6.45) is 2.26. The van der Waals surface area contributed by atoms with Crippen LogP contribution in [0.25, 0.3) is 55.3 Å². The second-order valence-corrected chi connectivity index (χ2v) is 14.1. The summed E-state index contributed by atoms with van der Waals surface area (Å²) in [5, 5.41) is 2.27. The number of anilines is 3. The van der Waals surface area contributed by atoms with Crippen LogP contribution in [0.5, 0.6) is 0 Å². The van der Waals surface area contributed by atoms with Crippen molar-refractivity contribution in [2.24, 2.45) is 0 Å². The van der Waals surface area contributed by atoms with E-state index in [9.17, 15) is 0 Å². The van der Waals surface area contributed by atoms with Crippen LogP contribution in [0.4, 0.5) is 17.1 Å². The molecule has 7 aromatic carbocycles. The van der Waals surface area contributed by atoms with E-state index in [1.165, 1.54) is 50.1 Å². The van der Waals surface area contributed by atoms with E-state index in [-0.39, 0.29) is 5.41 Å². The number of hydrogen-bond donors (Lipinski definition) is 0. The van der Waals surface area contributed by atoms with E-state index in [0.29, 0.717) is 0 Å². The summed E-state index contributed by atoms with van der Waals surface area (Å²) in [5.41, 5.74) is 16.4. The molecule has 50 heavy (non-hydrogen) atoms. The monoisotopic (exact) mass is 645 g/mol. The lowest BCUT2D eigenvalue weighted by Gasteiger charge is -2.26. The molecule has 0 atom stereocenters. The normalized spacial score (nSPS) is 13.0. The lowest BCUT2D eigenvalue weighted by atomic mass is 9.82. The number of para-hydroxylation sites is 1. The Balaban J connectivity index is 1.19. The minimum atomic E-state index is -0.0908. The summed E-state index contributed by atoms with van der Waals surface area (Å²) in [5.74, 6) is 0. The van der Waals surface area contributed by atoms with Gasteiger partial charge in [-0.25, -0.2) is 0 Å². The maximum atomic E-state index is 6.90. The van der Waals surface area contributed by atoms with Crippen LogP contribution in [0.1, 0.15) is 43.9 Å². The minimum absolute atomic E-state index is 0.0908. The molecule has 0 saturated heterocycles. The first kappa shape index (κ1) is 30.2. The molecule has 1 aliphatic carbocycles. The van der Waals surface area contributed by atoms with Gasteiger partial charge in [-0.05, 0) is 99.0 Å². The Morgan fingerprint density at radius 1 is 0.520 bits per heavy atom. The Hall–Kier alpha value is -5.86. The van der Waals surface area contributed by atoms with Crippen LogP contribution in [0, 0.1) is 0 Å². The molecule has 0 spiro atoms. The van der Waals surface area contributed by atoms with E-state index in [4.69, 9.17) is 4.42 Å². The molecule has 0 unspecified atom stereocenters. The van der Waals surface area contributed by atoms with Gasteiger partial charge in [0.05, 0.1) is 5.69 Å². The number of furan rings is 1. The fraction of sp³-hybridized carbons (Fsp3) is 0.125. The molecular weight excluding hydrogens is 607 g/mol. The largest absolute Gasteiger partial charge is 0.454 e. The third kappa shape index (κ3) is 4.94. The summed E-state index contributed by atoms with van der Waals surface area (Å²) >= 11 is 0. The van der Waals surface area contributed by atoms with Gasteiger partial charge in [-0.3, -0.25) is 0 Å². The van der Waals surface area contributed by atoms with E-state index in [1.807, 2.05) is 0 Å². The number of aryl methyl sites for hydroxylation is 1.